The molecular formula is C26H34N6O2. The lowest BCUT2D eigenvalue weighted by molar-refractivity contribution is -0.119. The van der Waals surface area contributed by atoms with Crippen molar-refractivity contribution in [3.63, 3.8) is 0 Å². The van der Waals surface area contributed by atoms with Gasteiger partial charge in [-0.15, -0.1) is 0 Å². The van der Waals surface area contributed by atoms with Gasteiger partial charge in [0.15, 0.2) is 0 Å². The number of rotatable bonds is 6. The molecule has 0 unspecified atom stereocenters. The summed E-state index contributed by atoms with van der Waals surface area (Å²) in [6.45, 7) is 7.76. The number of carbonyl (C=O) groups excluding carboxylic acids is 1. The van der Waals surface area contributed by atoms with Crippen LogP contribution in [0.5, 0.6) is 0 Å². The number of amides is 1. The van der Waals surface area contributed by atoms with Gasteiger partial charge in [0.05, 0.1) is 31.6 Å². The van der Waals surface area contributed by atoms with E-state index in [0.29, 0.717) is 25.6 Å². The van der Waals surface area contributed by atoms with Crippen LogP contribution in [-0.2, 0) is 23.1 Å². The van der Waals surface area contributed by atoms with E-state index in [1.165, 1.54) is 30.5 Å². The molecule has 34 heavy (non-hydrogen) atoms. The maximum atomic E-state index is 12.6. The minimum Gasteiger partial charge on any atom is -0.379 e. The van der Waals surface area contributed by atoms with Gasteiger partial charge in [-0.1, -0.05) is 18.6 Å². The van der Waals surface area contributed by atoms with Crippen LogP contribution in [0, 0.1) is 0 Å². The molecule has 0 radical (unpaired) electrons. The second-order valence-corrected chi connectivity index (χ2v) is 9.54. The largest absolute Gasteiger partial charge is 0.379 e. The van der Waals surface area contributed by atoms with Crippen LogP contribution < -0.4 is 5.32 Å². The first kappa shape index (κ1) is 23.0. The monoisotopic (exact) mass is 462 g/mol. The molecule has 5 rings (SSSR count). The van der Waals surface area contributed by atoms with Crippen molar-refractivity contribution < 1.29 is 9.53 Å². The molecule has 2 aromatic heterocycles. The van der Waals surface area contributed by atoms with Crippen LogP contribution in [-0.4, -0.2) is 75.9 Å². The Hall–Kier alpha value is -2.81. The highest BCUT2D eigenvalue weighted by Crippen LogP contribution is 2.29. The van der Waals surface area contributed by atoms with Crippen LogP contribution in [0.3, 0.4) is 0 Å². The highest BCUT2D eigenvalue weighted by Gasteiger charge is 2.21. The summed E-state index contributed by atoms with van der Waals surface area (Å²) in [5.41, 5.74) is 3.54. The number of fused-ring (bicyclic) bond motifs is 1. The molecule has 1 amide bonds. The molecular weight excluding hydrogens is 428 g/mol. The van der Waals surface area contributed by atoms with Crippen LogP contribution in [0.1, 0.15) is 31.9 Å². The van der Waals surface area contributed by atoms with Crippen molar-refractivity contribution in [1.82, 2.24) is 24.6 Å². The van der Waals surface area contributed by atoms with Gasteiger partial charge in [0, 0.05) is 43.3 Å². The molecule has 1 N–H and O–H groups in total. The number of hydrogen-bond acceptors (Lipinski definition) is 6. The Morgan fingerprint density at radius 2 is 1.97 bits per heavy atom. The van der Waals surface area contributed by atoms with E-state index in [9.17, 15) is 4.79 Å². The van der Waals surface area contributed by atoms with Crippen LogP contribution in [0.2, 0.25) is 0 Å². The van der Waals surface area contributed by atoms with Crippen molar-refractivity contribution >= 4 is 22.5 Å². The van der Waals surface area contributed by atoms with Crippen molar-refractivity contribution in [3.05, 3.63) is 42.4 Å². The summed E-state index contributed by atoms with van der Waals surface area (Å²) >= 11 is 0. The van der Waals surface area contributed by atoms with Crippen molar-refractivity contribution in [2.75, 3.05) is 44.7 Å². The van der Waals surface area contributed by atoms with Gasteiger partial charge >= 0.3 is 0 Å². The number of ether oxygens (including phenoxy) is 1. The van der Waals surface area contributed by atoms with Gasteiger partial charge in [0.1, 0.15) is 5.82 Å². The number of hydrogen-bond donors (Lipinski definition) is 1. The van der Waals surface area contributed by atoms with E-state index in [-0.39, 0.29) is 11.9 Å². The Labute approximate surface area is 200 Å². The lowest BCUT2D eigenvalue weighted by atomic mass is 10.0. The summed E-state index contributed by atoms with van der Waals surface area (Å²) in [5, 5.41) is 9.64. The Morgan fingerprint density at radius 3 is 2.79 bits per heavy atom. The third-order valence-electron chi connectivity index (χ3n) is 7.04. The molecule has 1 aromatic carbocycles. The normalized spacial score (nSPS) is 20.0. The van der Waals surface area contributed by atoms with Crippen LogP contribution in [0.25, 0.3) is 21.9 Å². The number of pyridine rings is 1. The number of nitrogens with one attached hydrogen (secondary N) is 1. The van der Waals surface area contributed by atoms with Crippen molar-refractivity contribution in [1.29, 1.82) is 0 Å². The smallest absolute Gasteiger partial charge is 0.239 e. The van der Waals surface area contributed by atoms with Crippen molar-refractivity contribution in [2.45, 2.75) is 38.8 Å². The zero-order valence-electron chi connectivity index (χ0n) is 20.2. The molecule has 2 aliphatic rings. The quantitative estimate of drug-likeness (QED) is 0.606. The van der Waals surface area contributed by atoms with E-state index in [1.54, 1.807) is 0 Å². The first-order valence-corrected chi connectivity index (χ1v) is 12.3. The van der Waals surface area contributed by atoms with Gasteiger partial charge in [0.25, 0.3) is 0 Å². The number of morpholine rings is 1. The zero-order chi connectivity index (χ0) is 23.5. The van der Waals surface area contributed by atoms with Gasteiger partial charge in [-0.3, -0.25) is 19.3 Å². The minimum absolute atomic E-state index is 0.0483. The Kier molecular flexibility index (Phi) is 6.89. The fourth-order valence-electron chi connectivity index (χ4n) is 4.96. The van der Waals surface area contributed by atoms with Gasteiger partial charge in [0.2, 0.25) is 5.91 Å². The number of anilines is 1. The van der Waals surface area contributed by atoms with E-state index in [4.69, 9.17) is 4.74 Å². The summed E-state index contributed by atoms with van der Waals surface area (Å²) < 4.78 is 7.46. The number of carbonyl (C=O) groups is 1. The molecule has 0 bridgehead atoms. The average molecular weight is 463 g/mol. The Balaban J connectivity index is 1.34. The molecule has 1 atom stereocenters. The van der Waals surface area contributed by atoms with E-state index in [1.807, 2.05) is 30.2 Å². The summed E-state index contributed by atoms with van der Waals surface area (Å²) in [6, 6.07) is 8.60. The molecule has 3 aromatic rings. The fourth-order valence-corrected chi connectivity index (χ4v) is 4.96. The van der Waals surface area contributed by atoms with Crippen LogP contribution >= 0.6 is 0 Å². The maximum Gasteiger partial charge on any atom is 0.239 e. The number of benzene rings is 1. The lowest BCUT2D eigenvalue weighted by Gasteiger charge is -2.32. The number of nitrogens with zero attached hydrogens (tertiary/aromatic N) is 5. The third-order valence-corrected chi connectivity index (χ3v) is 7.04. The van der Waals surface area contributed by atoms with Crippen LogP contribution in [0.15, 0.2) is 36.7 Å². The van der Waals surface area contributed by atoms with Crippen molar-refractivity contribution in [2.24, 2.45) is 7.05 Å². The Morgan fingerprint density at radius 1 is 1.12 bits per heavy atom. The average Bonchev–Trinajstić information content (AvgIpc) is 3.20. The highest BCUT2D eigenvalue weighted by atomic mass is 16.5. The summed E-state index contributed by atoms with van der Waals surface area (Å²) in [5.74, 6) is 0.531. The highest BCUT2D eigenvalue weighted by molar-refractivity contribution is 5.95. The summed E-state index contributed by atoms with van der Waals surface area (Å²) in [6.07, 6.45) is 7.67. The first-order valence-electron chi connectivity index (χ1n) is 12.3. The van der Waals surface area contributed by atoms with Crippen LogP contribution in [0.4, 0.5) is 5.82 Å². The third kappa shape index (κ3) is 5.14. The van der Waals surface area contributed by atoms with Gasteiger partial charge in [-0.05, 0) is 55.9 Å². The van der Waals surface area contributed by atoms with E-state index in [2.05, 4.69) is 50.3 Å². The molecule has 2 fully saturated rings. The molecule has 2 saturated heterocycles. The van der Waals surface area contributed by atoms with E-state index < -0.39 is 0 Å². The van der Waals surface area contributed by atoms with Gasteiger partial charge in [-0.2, -0.15) is 5.10 Å². The number of aryl methyl sites for hydroxylation is 1. The minimum atomic E-state index is -0.0483. The molecule has 8 heteroatoms. The van der Waals surface area contributed by atoms with Gasteiger partial charge < -0.3 is 10.1 Å². The van der Waals surface area contributed by atoms with E-state index >= 15 is 0 Å². The fraction of sp³-hybridized carbons (Fsp3) is 0.500. The SMILES string of the molecule is C[C@H]1COCCN1CC(=O)Nc1cc2cc(-c3cnn(C)c3CN3CCCCC3)ccc2cn1. The molecule has 8 nitrogen and oxygen atoms in total. The van der Waals surface area contributed by atoms with E-state index in [0.717, 1.165) is 42.5 Å². The topological polar surface area (TPSA) is 75.5 Å². The second kappa shape index (κ2) is 10.2. The summed E-state index contributed by atoms with van der Waals surface area (Å²) in [7, 11) is 2.02. The first-order chi connectivity index (χ1) is 16.6. The predicted octanol–water partition coefficient (Wildman–Crippen LogP) is 3.28. The standard InChI is InChI=1S/C26H34N6O2/c1-19-18-34-11-10-32(19)17-26(33)29-25-13-22-12-20(6-7-21(22)14-27-25)23-15-28-30(2)24(23)16-31-8-4-3-5-9-31/h6-7,12-15,19H,3-5,8-11,16-18H2,1-2H3,(H,27,29,33)/t19-/m0/s1. The lowest BCUT2D eigenvalue weighted by Crippen LogP contribution is -2.47. The molecule has 0 saturated carbocycles. The molecule has 2 aliphatic heterocycles. The second-order valence-electron chi connectivity index (χ2n) is 9.54. The number of likely N-dealkylation sites (tertiary alicyclic amines) is 1. The predicted molar refractivity (Wildman–Crippen MR) is 134 cm³/mol. The molecule has 4 heterocycles. The molecule has 180 valence electrons. The molecule has 0 aliphatic carbocycles. The number of piperidine rings is 1. The maximum absolute atomic E-state index is 12.6. The number of aromatic nitrogens is 3. The summed E-state index contributed by atoms with van der Waals surface area (Å²) in [4.78, 5) is 21.8. The Bertz CT molecular complexity index is 1150. The van der Waals surface area contributed by atoms with Crippen molar-refractivity contribution in [3.8, 4) is 11.1 Å². The zero-order valence-corrected chi connectivity index (χ0v) is 20.2. The molecule has 0 spiro atoms. The van der Waals surface area contributed by atoms with Gasteiger partial charge in [-0.25, -0.2) is 4.98 Å².